The third kappa shape index (κ3) is 10.2. The zero-order valence-corrected chi connectivity index (χ0v) is 23.1. The van der Waals surface area contributed by atoms with Crippen molar-refractivity contribution >= 4 is 23.9 Å². The average Bonchev–Trinajstić information content (AvgIpc) is 2.76. The van der Waals surface area contributed by atoms with E-state index in [2.05, 4.69) is 61.6 Å². The van der Waals surface area contributed by atoms with Gasteiger partial charge >= 0.3 is 23.9 Å². The fourth-order valence-electron chi connectivity index (χ4n) is 3.88. The predicted octanol–water partition coefficient (Wildman–Crippen LogP) is 5.48. The average molecular weight is 517 g/mol. The first kappa shape index (κ1) is 31.6. The Morgan fingerprint density at radius 3 is 1.70 bits per heavy atom. The number of rotatable bonds is 12. The quantitative estimate of drug-likeness (QED) is 0.204. The topological polar surface area (TPSA) is 105 Å². The molecule has 1 unspecified atom stereocenters. The van der Waals surface area contributed by atoms with Gasteiger partial charge in [-0.15, -0.1) is 0 Å². The van der Waals surface area contributed by atoms with E-state index >= 15 is 0 Å². The normalized spacial score (nSPS) is 13.1. The highest BCUT2D eigenvalue weighted by atomic mass is 16.6. The molecule has 37 heavy (non-hydrogen) atoms. The second-order valence-electron chi connectivity index (χ2n) is 11.2. The largest absolute Gasteiger partial charge is 0.462 e. The number of carbonyl (C=O) groups is 4. The number of ether oxygens (including phenoxy) is 4. The Balaban J connectivity index is 3.31. The van der Waals surface area contributed by atoms with Crippen LogP contribution in [0.3, 0.4) is 0 Å². The highest BCUT2D eigenvalue weighted by Gasteiger charge is 2.43. The van der Waals surface area contributed by atoms with Gasteiger partial charge in [0, 0.05) is 29.2 Å². The van der Waals surface area contributed by atoms with Crippen molar-refractivity contribution in [3.8, 4) is 11.5 Å². The van der Waals surface area contributed by atoms with Gasteiger partial charge in [0.15, 0.2) is 0 Å². The van der Waals surface area contributed by atoms with Crippen molar-refractivity contribution in [1.29, 1.82) is 0 Å². The molecule has 204 valence electrons. The van der Waals surface area contributed by atoms with Crippen LogP contribution in [0.25, 0.3) is 0 Å². The van der Waals surface area contributed by atoms with Crippen molar-refractivity contribution in [3.63, 3.8) is 0 Å². The van der Waals surface area contributed by atoms with Crippen LogP contribution in [0.1, 0.15) is 73.3 Å². The summed E-state index contributed by atoms with van der Waals surface area (Å²) in [5.41, 5.74) is 0.0770. The van der Waals surface area contributed by atoms with E-state index in [1.807, 2.05) is 0 Å². The molecule has 0 saturated heterocycles. The van der Waals surface area contributed by atoms with Gasteiger partial charge in [-0.3, -0.25) is 9.59 Å². The minimum absolute atomic E-state index is 0.0454. The second-order valence-corrected chi connectivity index (χ2v) is 11.2. The zero-order valence-electron chi connectivity index (χ0n) is 23.1. The fourth-order valence-corrected chi connectivity index (χ4v) is 3.88. The molecular formula is C29H40O8. The van der Waals surface area contributed by atoms with E-state index in [1.54, 1.807) is 12.1 Å². The molecule has 1 aromatic rings. The summed E-state index contributed by atoms with van der Waals surface area (Å²) in [5, 5.41) is 0. The molecule has 8 heteroatoms. The van der Waals surface area contributed by atoms with Gasteiger partial charge in [0.1, 0.15) is 24.7 Å². The summed E-state index contributed by atoms with van der Waals surface area (Å²) in [7, 11) is 0. The van der Waals surface area contributed by atoms with Crippen LogP contribution in [0.4, 0.5) is 0 Å². The summed E-state index contributed by atoms with van der Waals surface area (Å²) < 4.78 is 20.8. The SMILES string of the molecule is C=CC(=O)OCCC(=O)Oc1ccc(C(C)(CC(C)(C)C)C(C)(C)C)c(OC(=O)CCOC(=O)C=C)c1. The summed E-state index contributed by atoms with van der Waals surface area (Å²) in [5.74, 6) is -2.06. The molecule has 1 aromatic carbocycles. The van der Waals surface area contributed by atoms with Crippen molar-refractivity contribution in [1.82, 2.24) is 0 Å². The molecule has 0 fully saturated rings. The summed E-state index contributed by atoms with van der Waals surface area (Å²) in [6, 6.07) is 4.96. The van der Waals surface area contributed by atoms with Gasteiger partial charge in [0.2, 0.25) is 0 Å². The summed E-state index contributed by atoms with van der Waals surface area (Å²) in [4.78, 5) is 47.4. The van der Waals surface area contributed by atoms with Gasteiger partial charge in [-0.1, -0.05) is 67.7 Å². The van der Waals surface area contributed by atoms with Crippen molar-refractivity contribution in [3.05, 3.63) is 49.1 Å². The number of carbonyl (C=O) groups excluding carboxylic acids is 4. The minimum Gasteiger partial charge on any atom is -0.462 e. The van der Waals surface area contributed by atoms with Gasteiger partial charge in [-0.05, 0) is 23.3 Å². The van der Waals surface area contributed by atoms with Gasteiger partial charge < -0.3 is 18.9 Å². The van der Waals surface area contributed by atoms with Crippen molar-refractivity contribution < 1.29 is 38.1 Å². The van der Waals surface area contributed by atoms with Crippen LogP contribution in [0.5, 0.6) is 11.5 Å². The number of benzene rings is 1. The molecule has 0 aliphatic heterocycles. The van der Waals surface area contributed by atoms with Crippen LogP contribution in [-0.4, -0.2) is 37.1 Å². The van der Waals surface area contributed by atoms with E-state index in [0.717, 1.165) is 24.1 Å². The maximum Gasteiger partial charge on any atom is 0.330 e. The molecular weight excluding hydrogens is 476 g/mol. The maximum atomic E-state index is 12.7. The first-order valence-electron chi connectivity index (χ1n) is 12.2. The number of hydrogen-bond acceptors (Lipinski definition) is 8. The minimum atomic E-state index is -0.634. The van der Waals surface area contributed by atoms with Crippen LogP contribution in [0, 0.1) is 10.8 Å². The van der Waals surface area contributed by atoms with E-state index in [9.17, 15) is 19.2 Å². The Kier molecular flexibility index (Phi) is 11.3. The fraction of sp³-hybridized carbons (Fsp3) is 0.517. The molecule has 0 bridgehead atoms. The van der Waals surface area contributed by atoms with Crippen LogP contribution < -0.4 is 9.47 Å². The highest BCUT2D eigenvalue weighted by Crippen LogP contribution is 2.51. The van der Waals surface area contributed by atoms with E-state index in [1.165, 1.54) is 6.07 Å². The highest BCUT2D eigenvalue weighted by molar-refractivity contribution is 5.82. The summed E-state index contributed by atoms with van der Waals surface area (Å²) >= 11 is 0. The molecule has 0 heterocycles. The molecule has 8 nitrogen and oxygen atoms in total. The van der Waals surface area contributed by atoms with Gasteiger partial charge in [-0.2, -0.15) is 0 Å². The zero-order chi connectivity index (χ0) is 28.4. The lowest BCUT2D eigenvalue weighted by Crippen LogP contribution is -2.41. The third-order valence-corrected chi connectivity index (χ3v) is 5.98. The first-order valence-corrected chi connectivity index (χ1v) is 12.2. The molecule has 0 N–H and O–H groups in total. The molecule has 0 amide bonds. The van der Waals surface area contributed by atoms with Crippen LogP contribution in [0.2, 0.25) is 0 Å². The van der Waals surface area contributed by atoms with Crippen LogP contribution in [0.15, 0.2) is 43.5 Å². The molecule has 0 aromatic heterocycles. The predicted molar refractivity (Wildman–Crippen MR) is 140 cm³/mol. The Bertz CT molecular complexity index is 1010. The Labute approximate surface area is 220 Å². The first-order chi connectivity index (χ1) is 17.0. The van der Waals surface area contributed by atoms with Gasteiger partial charge in [0.05, 0.1) is 12.8 Å². The Morgan fingerprint density at radius 1 is 0.784 bits per heavy atom. The standard InChI is InChI=1S/C29H40O8/c1-10-23(30)34-16-14-25(32)36-20-12-13-21(29(9,28(6,7)8)19-27(3,4)5)22(18-20)37-26(33)15-17-35-24(31)11-2/h10-13,18H,1-2,14-17,19H2,3-9H3. The molecule has 1 atom stereocenters. The van der Waals surface area contributed by atoms with Crippen LogP contribution in [-0.2, 0) is 34.1 Å². The molecule has 1 rings (SSSR count). The molecule has 0 aliphatic rings. The molecule has 0 radical (unpaired) electrons. The van der Waals surface area contributed by atoms with Crippen molar-refractivity contribution in [2.45, 2.75) is 73.1 Å². The van der Waals surface area contributed by atoms with Crippen molar-refractivity contribution in [2.75, 3.05) is 13.2 Å². The lowest BCUT2D eigenvalue weighted by Gasteiger charge is -2.46. The number of esters is 4. The van der Waals surface area contributed by atoms with E-state index in [4.69, 9.17) is 18.9 Å². The third-order valence-electron chi connectivity index (χ3n) is 5.98. The summed E-state index contributed by atoms with van der Waals surface area (Å²) in [6.45, 7) is 21.2. The summed E-state index contributed by atoms with van der Waals surface area (Å²) in [6.07, 6.45) is 2.48. The smallest absolute Gasteiger partial charge is 0.330 e. The molecule has 0 aliphatic carbocycles. The van der Waals surface area contributed by atoms with E-state index in [0.29, 0.717) is 0 Å². The van der Waals surface area contributed by atoms with Gasteiger partial charge in [0.25, 0.3) is 0 Å². The van der Waals surface area contributed by atoms with Crippen LogP contribution >= 0.6 is 0 Å². The Hall–Kier alpha value is -3.42. The second kappa shape index (κ2) is 13.2. The molecule has 0 spiro atoms. The molecule has 0 saturated carbocycles. The van der Waals surface area contributed by atoms with Crippen molar-refractivity contribution in [2.24, 2.45) is 10.8 Å². The Morgan fingerprint density at radius 2 is 1.27 bits per heavy atom. The lowest BCUT2D eigenvalue weighted by molar-refractivity contribution is -0.143. The van der Waals surface area contributed by atoms with E-state index < -0.39 is 29.3 Å². The lowest BCUT2D eigenvalue weighted by atomic mass is 9.58. The van der Waals surface area contributed by atoms with Gasteiger partial charge in [-0.25, -0.2) is 9.59 Å². The monoisotopic (exact) mass is 516 g/mol. The number of hydrogen-bond donors (Lipinski definition) is 0. The maximum absolute atomic E-state index is 12.7. The van der Waals surface area contributed by atoms with E-state index in [-0.39, 0.29) is 48.4 Å².